The molecule has 2 rings (SSSR count). The van der Waals surface area contributed by atoms with Crippen molar-refractivity contribution in [2.75, 3.05) is 0 Å². The van der Waals surface area contributed by atoms with Gasteiger partial charge in [-0.15, -0.1) is 0 Å². The molecule has 0 unspecified atom stereocenters. The molecule has 1 aromatic rings. The molecule has 0 spiro atoms. The smallest absolute Gasteiger partial charge is 0.135 e. The molecular formula is C11H12F2O. The summed E-state index contributed by atoms with van der Waals surface area (Å²) in [5.41, 5.74) is -1.04. The molecular weight excluding hydrogens is 186 g/mol. The zero-order chi connectivity index (χ0) is 10.3. The fourth-order valence-corrected chi connectivity index (χ4v) is 1.84. The molecule has 0 aliphatic heterocycles. The van der Waals surface area contributed by atoms with E-state index < -0.39 is 17.2 Å². The van der Waals surface area contributed by atoms with Gasteiger partial charge in [0.25, 0.3) is 0 Å². The normalized spacial score (nSPS) is 19.1. The maximum atomic E-state index is 13.6. The van der Waals surface area contributed by atoms with E-state index in [1.54, 1.807) is 6.92 Å². The summed E-state index contributed by atoms with van der Waals surface area (Å²) in [4.78, 5) is 0. The molecule has 14 heavy (non-hydrogen) atoms. The molecule has 1 nitrogen and oxygen atoms in total. The highest BCUT2D eigenvalue weighted by Crippen LogP contribution is 2.43. The highest BCUT2D eigenvalue weighted by Gasteiger charge is 2.40. The molecule has 0 heterocycles. The summed E-state index contributed by atoms with van der Waals surface area (Å²) < 4.78 is 26.9. The van der Waals surface area contributed by atoms with Gasteiger partial charge in [0, 0.05) is 0 Å². The Morgan fingerprint density at radius 3 is 2.43 bits per heavy atom. The number of aliphatic hydroxyl groups is 1. The van der Waals surface area contributed by atoms with Crippen LogP contribution in [0.3, 0.4) is 0 Å². The van der Waals surface area contributed by atoms with Crippen molar-refractivity contribution in [2.45, 2.75) is 31.8 Å². The molecule has 1 aromatic carbocycles. The Hall–Kier alpha value is -0.960. The quantitative estimate of drug-likeness (QED) is 0.735. The molecule has 1 aliphatic rings. The van der Waals surface area contributed by atoms with Gasteiger partial charge in [-0.05, 0) is 37.8 Å². The average Bonchev–Trinajstić information content (AvgIpc) is 2.09. The van der Waals surface area contributed by atoms with Crippen LogP contribution in [-0.4, -0.2) is 5.11 Å². The third-order valence-corrected chi connectivity index (χ3v) is 2.93. The second kappa shape index (κ2) is 3.02. The molecule has 0 radical (unpaired) electrons. The van der Waals surface area contributed by atoms with E-state index in [-0.39, 0.29) is 5.56 Å². The minimum absolute atomic E-state index is 0.149. The van der Waals surface area contributed by atoms with Crippen LogP contribution in [0.2, 0.25) is 0 Å². The number of aryl methyl sites for hydroxylation is 1. The molecule has 3 heteroatoms. The standard InChI is InChI=1S/C11H12F2O/c1-7-3-4-8(12)9(10(7)13)11(14)5-2-6-11/h3-4,14H,2,5-6H2,1H3. The first-order valence-electron chi connectivity index (χ1n) is 4.72. The van der Waals surface area contributed by atoms with Crippen molar-refractivity contribution in [3.05, 3.63) is 34.9 Å². The number of rotatable bonds is 1. The Morgan fingerprint density at radius 1 is 1.29 bits per heavy atom. The summed E-state index contributed by atoms with van der Waals surface area (Å²) in [6.07, 6.45) is 1.72. The van der Waals surface area contributed by atoms with E-state index in [1.165, 1.54) is 12.1 Å². The lowest BCUT2D eigenvalue weighted by Gasteiger charge is -2.37. The van der Waals surface area contributed by atoms with Gasteiger partial charge in [0.1, 0.15) is 11.6 Å². The van der Waals surface area contributed by atoms with Crippen LogP contribution in [0.15, 0.2) is 12.1 Å². The van der Waals surface area contributed by atoms with E-state index in [9.17, 15) is 13.9 Å². The Balaban J connectivity index is 2.56. The SMILES string of the molecule is Cc1ccc(F)c(C2(O)CCC2)c1F. The van der Waals surface area contributed by atoms with Gasteiger partial charge in [0.2, 0.25) is 0 Å². The lowest BCUT2D eigenvalue weighted by molar-refractivity contribution is -0.0447. The van der Waals surface area contributed by atoms with Crippen LogP contribution < -0.4 is 0 Å². The number of halogens is 2. The zero-order valence-corrected chi connectivity index (χ0v) is 7.98. The van der Waals surface area contributed by atoms with Crippen LogP contribution in [0.5, 0.6) is 0 Å². The third-order valence-electron chi connectivity index (χ3n) is 2.93. The monoisotopic (exact) mass is 198 g/mol. The first-order valence-corrected chi connectivity index (χ1v) is 4.72. The van der Waals surface area contributed by atoms with Crippen LogP contribution in [-0.2, 0) is 5.60 Å². The molecule has 0 bridgehead atoms. The molecule has 1 aliphatic carbocycles. The minimum Gasteiger partial charge on any atom is -0.385 e. The van der Waals surface area contributed by atoms with Crippen molar-refractivity contribution in [1.82, 2.24) is 0 Å². The van der Waals surface area contributed by atoms with Gasteiger partial charge >= 0.3 is 0 Å². The Morgan fingerprint density at radius 2 is 1.93 bits per heavy atom. The van der Waals surface area contributed by atoms with Crippen molar-refractivity contribution in [2.24, 2.45) is 0 Å². The fraction of sp³-hybridized carbons (Fsp3) is 0.455. The van der Waals surface area contributed by atoms with Crippen LogP contribution in [0, 0.1) is 18.6 Å². The predicted octanol–water partition coefficient (Wildman–Crippen LogP) is 2.64. The number of benzene rings is 1. The van der Waals surface area contributed by atoms with Gasteiger partial charge in [0.05, 0.1) is 11.2 Å². The lowest BCUT2D eigenvalue weighted by atomic mass is 9.74. The second-order valence-electron chi connectivity index (χ2n) is 3.94. The van der Waals surface area contributed by atoms with Gasteiger partial charge in [0.15, 0.2) is 0 Å². The van der Waals surface area contributed by atoms with Gasteiger partial charge in [-0.3, -0.25) is 0 Å². The van der Waals surface area contributed by atoms with E-state index in [2.05, 4.69) is 0 Å². The van der Waals surface area contributed by atoms with Gasteiger partial charge in [-0.1, -0.05) is 6.07 Å². The van der Waals surface area contributed by atoms with E-state index in [0.717, 1.165) is 6.42 Å². The molecule has 0 aromatic heterocycles. The van der Waals surface area contributed by atoms with Crippen LogP contribution >= 0.6 is 0 Å². The maximum absolute atomic E-state index is 13.6. The summed E-state index contributed by atoms with van der Waals surface area (Å²) in [5, 5.41) is 9.89. The largest absolute Gasteiger partial charge is 0.385 e. The van der Waals surface area contributed by atoms with E-state index in [4.69, 9.17) is 0 Å². The van der Waals surface area contributed by atoms with Gasteiger partial charge in [-0.25, -0.2) is 8.78 Å². The van der Waals surface area contributed by atoms with Gasteiger partial charge in [-0.2, -0.15) is 0 Å². The summed E-state index contributed by atoms with van der Waals surface area (Å²) in [6.45, 7) is 1.57. The Labute approximate surface area is 81.4 Å². The van der Waals surface area contributed by atoms with Crippen molar-refractivity contribution in [3.8, 4) is 0 Å². The first kappa shape index (κ1) is 9.59. The lowest BCUT2D eigenvalue weighted by Crippen LogP contribution is -2.35. The van der Waals surface area contributed by atoms with Gasteiger partial charge < -0.3 is 5.11 Å². The van der Waals surface area contributed by atoms with E-state index in [1.807, 2.05) is 0 Å². The Bertz CT molecular complexity index is 370. The molecule has 0 atom stereocenters. The second-order valence-corrected chi connectivity index (χ2v) is 3.94. The van der Waals surface area contributed by atoms with Crippen molar-refractivity contribution < 1.29 is 13.9 Å². The van der Waals surface area contributed by atoms with Crippen molar-refractivity contribution in [1.29, 1.82) is 0 Å². The maximum Gasteiger partial charge on any atom is 0.135 e. The predicted molar refractivity (Wildman–Crippen MR) is 48.8 cm³/mol. The van der Waals surface area contributed by atoms with Crippen molar-refractivity contribution >= 4 is 0 Å². The Kier molecular flexibility index (Phi) is 2.07. The zero-order valence-electron chi connectivity index (χ0n) is 7.98. The molecule has 0 saturated heterocycles. The highest BCUT2D eigenvalue weighted by molar-refractivity contribution is 5.32. The summed E-state index contributed by atoms with van der Waals surface area (Å²) in [7, 11) is 0. The topological polar surface area (TPSA) is 20.2 Å². The van der Waals surface area contributed by atoms with Crippen molar-refractivity contribution in [3.63, 3.8) is 0 Å². The average molecular weight is 198 g/mol. The van der Waals surface area contributed by atoms with Crippen LogP contribution in [0.1, 0.15) is 30.4 Å². The van der Waals surface area contributed by atoms with E-state index in [0.29, 0.717) is 18.4 Å². The highest BCUT2D eigenvalue weighted by atomic mass is 19.1. The molecule has 1 N–H and O–H groups in total. The number of hydrogen-bond acceptors (Lipinski definition) is 1. The van der Waals surface area contributed by atoms with Crippen LogP contribution in [0.4, 0.5) is 8.78 Å². The first-order chi connectivity index (χ1) is 6.54. The summed E-state index contributed by atoms with van der Waals surface area (Å²) in [5.74, 6) is -1.25. The third kappa shape index (κ3) is 1.23. The fourth-order valence-electron chi connectivity index (χ4n) is 1.84. The van der Waals surface area contributed by atoms with E-state index >= 15 is 0 Å². The minimum atomic E-state index is -1.26. The molecule has 0 amide bonds. The summed E-state index contributed by atoms with van der Waals surface area (Å²) in [6, 6.07) is 2.60. The molecule has 1 saturated carbocycles. The summed E-state index contributed by atoms with van der Waals surface area (Å²) >= 11 is 0. The molecule has 76 valence electrons. The number of hydrogen-bond donors (Lipinski definition) is 1. The molecule has 1 fully saturated rings. The van der Waals surface area contributed by atoms with Crippen LogP contribution in [0.25, 0.3) is 0 Å².